The van der Waals surface area contributed by atoms with Crippen LogP contribution in [-0.4, -0.2) is 29.9 Å². The van der Waals surface area contributed by atoms with Crippen molar-refractivity contribution in [3.8, 4) is 0 Å². The molecule has 1 unspecified atom stereocenters. The van der Waals surface area contributed by atoms with Gasteiger partial charge in [-0.2, -0.15) is 5.10 Å². The summed E-state index contributed by atoms with van der Waals surface area (Å²) in [4.78, 5) is 8.55. The molecule has 138 valence electrons. The minimum atomic E-state index is -0.345. The van der Waals surface area contributed by atoms with E-state index in [1.165, 1.54) is 17.4 Å². The third-order valence-electron chi connectivity index (χ3n) is 3.84. The van der Waals surface area contributed by atoms with Crippen molar-refractivity contribution < 1.29 is 4.39 Å². The smallest absolute Gasteiger partial charge is 0.211 e. The number of anilines is 2. The van der Waals surface area contributed by atoms with Crippen molar-refractivity contribution in [2.24, 2.45) is 0 Å². The van der Waals surface area contributed by atoms with Gasteiger partial charge in [0.1, 0.15) is 15.8 Å². The fraction of sp³-hybridized carbons (Fsp3) is 0.235. The van der Waals surface area contributed by atoms with E-state index in [9.17, 15) is 4.39 Å². The molecule has 4 rings (SSSR count). The Hall–Kier alpha value is -2.72. The van der Waals surface area contributed by atoms with Crippen LogP contribution in [0.4, 0.5) is 15.3 Å². The first-order chi connectivity index (χ1) is 13.1. The van der Waals surface area contributed by atoms with E-state index >= 15 is 0 Å². The fourth-order valence-electron chi connectivity index (χ4n) is 2.45. The summed E-state index contributed by atoms with van der Waals surface area (Å²) in [6.45, 7) is 4.31. The highest BCUT2D eigenvalue weighted by atomic mass is 32.1. The Labute approximate surface area is 163 Å². The average molecular weight is 401 g/mol. The monoisotopic (exact) mass is 401 g/mol. The van der Waals surface area contributed by atoms with Gasteiger partial charge < -0.3 is 5.32 Å². The molecule has 4 aromatic heterocycles. The highest BCUT2D eigenvalue weighted by molar-refractivity contribution is 7.15. The molecule has 0 spiro atoms. The van der Waals surface area contributed by atoms with Gasteiger partial charge in [-0.3, -0.25) is 9.67 Å². The second kappa shape index (κ2) is 7.49. The molecule has 0 aromatic carbocycles. The largest absolute Gasteiger partial charge is 0.313 e. The van der Waals surface area contributed by atoms with E-state index in [1.54, 1.807) is 40.5 Å². The summed E-state index contributed by atoms with van der Waals surface area (Å²) in [6.07, 6.45) is 3.33. The topological polar surface area (TPSA) is 81.4 Å². The zero-order valence-corrected chi connectivity index (χ0v) is 16.3. The summed E-state index contributed by atoms with van der Waals surface area (Å²) in [6, 6.07) is 4.75. The quantitative estimate of drug-likeness (QED) is 0.526. The SMILES string of the molecule is Cc1csc(C(C)c2nnc(Nc3ccn(Cc4ncccc4F)n3)s2)n1. The van der Waals surface area contributed by atoms with Gasteiger partial charge in [0.2, 0.25) is 5.13 Å². The van der Waals surface area contributed by atoms with Crippen LogP contribution >= 0.6 is 22.7 Å². The zero-order chi connectivity index (χ0) is 18.8. The number of nitrogens with one attached hydrogen (secondary N) is 1. The summed E-state index contributed by atoms with van der Waals surface area (Å²) in [5.41, 5.74) is 1.36. The van der Waals surface area contributed by atoms with E-state index in [0.29, 0.717) is 16.6 Å². The highest BCUT2D eigenvalue weighted by Gasteiger charge is 2.17. The number of aromatic nitrogens is 6. The van der Waals surface area contributed by atoms with Crippen LogP contribution in [0.3, 0.4) is 0 Å². The van der Waals surface area contributed by atoms with Gasteiger partial charge in [0.05, 0.1) is 18.2 Å². The number of rotatable bonds is 6. The van der Waals surface area contributed by atoms with E-state index in [0.717, 1.165) is 15.7 Å². The number of thiazole rings is 1. The first-order valence-electron chi connectivity index (χ1n) is 8.24. The maximum absolute atomic E-state index is 13.7. The number of pyridine rings is 1. The number of hydrogen-bond acceptors (Lipinski definition) is 8. The molecule has 4 aromatic rings. The molecule has 0 amide bonds. The van der Waals surface area contributed by atoms with Gasteiger partial charge in [-0.25, -0.2) is 9.37 Å². The Balaban J connectivity index is 1.44. The second-order valence-electron chi connectivity index (χ2n) is 5.95. The standard InChI is InChI=1S/C17H16FN7S2/c1-10-9-26-15(20-10)11(2)16-22-23-17(27-16)21-14-5-7-25(24-14)8-13-12(18)4-3-6-19-13/h3-7,9,11H,8H2,1-2H3,(H,21,23,24). The molecule has 27 heavy (non-hydrogen) atoms. The Morgan fingerprint density at radius 2 is 2.15 bits per heavy atom. The average Bonchev–Trinajstić information content (AvgIpc) is 3.39. The first-order valence-corrected chi connectivity index (χ1v) is 9.93. The molecule has 0 fully saturated rings. The Morgan fingerprint density at radius 3 is 2.93 bits per heavy atom. The van der Waals surface area contributed by atoms with Gasteiger partial charge >= 0.3 is 0 Å². The van der Waals surface area contributed by atoms with E-state index in [2.05, 4.69) is 37.5 Å². The van der Waals surface area contributed by atoms with Crippen molar-refractivity contribution in [3.05, 3.63) is 63.2 Å². The van der Waals surface area contributed by atoms with Gasteiger partial charge in [-0.05, 0) is 26.0 Å². The summed E-state index contributed by atoms with van der Waals surface area (Å²) in [5.74, 6) is 0.371. The van der Waals surface area contributed by atoms with E-state index in [-0.39, 0.29) is 18.3 Å². The van der Waals surface area contributed by atoms with Crippen molar-refractivity contribution >= 4 is 33.6 Å². The van der Waals surface area contributed by atoms with Crippen molar-refractivity contribution in [3.63, 3.8) is 0 Å². The van der Waals surface area contributed by atoms with Gasteiger partial charge in [0.15, 0.2) is 5.82 Å². The second-order valence-corrected chi connectivity index (χ2v) is 7.85. The molecule has 0 saturated carbocycles. The molecule has 0 saturated heterocycles. The lowest BCUT2D eigenvalue weighted by Crippen LogP contribution is -2.05. The molecule has 0 bridgehead atoms. The van der Waals surface area contributed by atoms with E-state index in [1.807, 2.05) is 12.3 Å². The molecule has 1 atom stereocenters. The van der Waals surface area contributed by atoms with Gasteiger partial charge in [-0.15, -0.1) is 21.5 Å². The molecule has 0 aliphatic rings. The maximum Gasteiger partial charge on any atom is 0.211 e. The Kier molecular flexibility index (Phi) is 4.90. The predicted octanol–water partition coefficient (Wildman–Crippen LogP) is 3.98. The third kappa shape index (κ3) is 4.01. The third-order valence-corrected chi connectivity index (χ3v) is 6.01. The van der Waals surface area contributed by atoms with E-state index in [4.69, 9.17) is 0 Å². The maximum atomic E-state index is 13.7. The Morgan fingerprint density at radius 1 is 1.26 bits per heavy atom. The molecule has 1 N–H and O–H groups in total. The molecular weight excluding hydrogens is 385 g/mol. The number of aryl methyl sites for hydroxylation is 1. The minimum Gasteiger partial charge on any atom is -0.313 e. The predicted molar refractivity (Wildman–Crippen MR) is 103 cm³/mol. The van der Waals surface area contributed by atoms with E-state index < -0.39 is 0 Å². The van der Waals surface area contributed by atoms with Crippen LogP contribution in [-0.2, 0) is 6.54 Å². The number of halogens is 1. The van der Waals surface area contributed by atoms with Gasteiger partial charge in [0, 0.05) is 29.5 Å². The van der Waals surface area contributed by atoms with Crippen molar-refractivity contribution in [1.29, 1.82) is 0 Å². The molecule has 7 nitrogen and oxygen atoms in total. The molecule has 0 radical (unpaired) electrons. The zero-order valence-electron chi connectivity index (χ0n) is 14.6. The van der Waals surface area contributed by atoms with Crippen LogP contribution in [0, 0.1) is 12.7 Å². The molecule has 10 heteroatoms. The summed E-state index contributed by atoms with van der Waals surface area (Å²) < 4.78 is 15.3. The first kappa shape index (κ1) is 17.7. The normalized spacial score (nSPS) is 12.3. The summed E-state index contributed by atoms with van der Waals surface area (Å²) in [7, 11) is 0. The van der Waals surface area contributed by atoms with Gasteiger partial charge in [-0.1, -0.05) is 11.3 Å². The lowest BCUT2D eigenvalue weighted by molar-refractivity contribution is 0.571. The Bertz CT molecular complexity index is 1050. The van der Waals surface area contributed by atoms with Crippen LogP contribution in [0.1, 0.15) is 34.2 Å². The van der Waals surface area contributed by atoms with Crippen molar-refractivity contribution in [2.45, 2.75) is 26.3 Å². The van der Waals surface area contributed by atoms with Crippen LogP contribution < -0.4 is 5.32 Å². The summed E-state index contributed by atoms with van der Waals surface area (Å²) in [5, 5.41) is 20.6. The molecule has 0 aliphatic carbocycles. The highest BCUT2D eigenvalue weighted by Crippen LogP contribution is 2.31. The van der Waals surface area contributed by atoms with Crippen molar-refractivity contribution in [2.75, 3.05) is 5.32 Å². The number of hydrogen-bond donors (Lipinski definition) is 1. The summed E-state index contributed by atoms with van der Waals surface area (Å²) >= 11 is 3.09. The molecule has 0 aliphatic heterocycles. The van der Waals surface area contributed by atoms with Crippen molar-refractivity contribution in [1.82, 2.24) is 29.9 Å². The molecule has 4 heterocycles. The number of nitrogens with zero attached hydrogens (tertiary/aromatic N) is 6. The molecular formula is C17H16FN7S2. The van der Waals surface area contributed by atoms with Gasteiger partial charge in [0.25, 0.3) is 0 Å². The lowest BCUT2D eigenvalue weighted by Gasteiger charge is -2.02. The van der Waals surface area contributed by atoms with Crippen LogP contribution in [0.25, 0.3) is 0 Å². The van der Waals surface area contributed by atoms with Crippen LogP contribution in [0.15, 0.2) is 36.0 Å². The minimum absolute atomic E-state index is 0.0986. The fourth-order valence-corrected chi connectivity index (χ4v) is 4.19. The van der Waals surface area contributed by atoms with Crippen LogP contribution in [0.5, 0.6) is 0 Å². The lowest BCUT2D eigenvalue weighted by atomic mass is 10.2. The van der Waals surface area contributed by atoms with Crippen LogP contribution in [0.2, 0.25) is 0 Å².